The van der Waals surface area contributed by atoms with Gasteiger partial charge in [0.15, 0.2) is 0 Å². The first-order chi connectivity index (χ1) is 7.06. The van der Waals surface area contributed by atoms with E-state index in [0.717, 1.165) is 0 Å². The molecule has 0 amide bonds. The Labute approximate surface area is 88.5 Å². The Morgan fingerprint density at radius 2 is 1.80 bits per heavy atom. The van der Waals surface area contributed by atoms with Crippen LogP contribution >= 0.6 is 0 Å². The summed E-state index contributed by atoms with van der Waals surface area (Å²) in [5.74, 6) is 0.345. The molecule has 0 saturated heterocycles. The summed E-state index contributed by atoms with van der Waals surface area (Å²) < 4.78 is 2.80. The van der Waals surface area contributed by atoms with E-state index in [2.05, 4.69) is 6.58 Å². The van der Waals surface area contributed by atoms with Gasteiger partial charge < -0.3 is 9.13 Å². The molecule has 0 spiro atoms. The molecule has 15 heavy (non-hydrogen) atoms. The molecular formula is C11H16N2O2. The quantitative estimate of drug-likeness (QED) is 0.544. The van der Waals surface area contributed by atoms with Crippen LogP contribution in [-0.4, -0.2) is 9.13 Å². The molecule has 4 heteroatoms. The Hall–Kier alpha value is -1.58. The van der Waals surface area contributed by atoms with Crippen LogP contribution < -0.4 is 11.1 Å². The molecule has 1 aromatic rings. The molecule has 0 aliphatic heterocycles. The Morgan fingerprint density at radius 3 is 2.33 bits per heavy atom. The number of allylic oxidation sites excluding steroid dienone is 1. The summed E-state index contributed by atoms with van der Waals surface area (Å²) in [6.07, 6.45) is 4.86. The molecule has 0 fully saturated rings. The van der Waals surface area contributed by atoms with Crippen molar-refractivity contribution in [3.05, 3.63) is 45.8 Å². The monoisotopic (exact) mass is 208 g/mol. The Balaban J connectivity index is 3.16. The summed E-state index contributed by atoms with van der Waals surface area (Å²) in [4.78, 5) is 23.1. The molecule has 0 saturated carbocycles. The summed E-state index contributed by atoms with van der Waals surface area (Å²) in [5, 5.41) is 0. The fourth-order valence-electron chi connectivity index (χ4n) is 1.36. The van der Waals surface area contributed by atoms with Gasteiger partial charge in [-0.25, -0.2) is 0 Å². The van der Waals surface area contributed by atoms with Gasteiger partial charge in [0.1, 0.15) is 0 Å². The molecule has 1 rings (SSSR count). The van der Waals surface area contributed by atoms with Crippen LogP contribution in [0.1, 0.15) is 13.8 Å². The van der Waals surface area contributed by atoms with Crippen LogP contribution in [0, 0.1) is 5.92 Å². The summed E-state index contributed by atoms with van der Waals surface area (Å²) in [6.45, 7) is 8.48. The van der Waals surface area contributed by atoms with Crippen molar-refractivity contribution in [2.75, 3.05) is 0 Å². The lowest BCUT2D eigenvalue weighted by molar-refractivity contribution is 0.500. The highest BCUT2D eigenvalue weighted by atomic mass is 16.2. The third-order valence-electron chi connectivity index (χ3n) is 2.02. The van der Waals surface area contributed by atoms with E-state index >= 15 is 0 Å². The molecule has 0 aliphatic rings. The first kappa shape index (κ1) is 11.5. The van der Waals surface area contributed by atoms with E-state index in [1.54, 1.807) is 18.5 Å². The molecule has 0 aromatic carbocycles. The third-order valence-corrected chi connectivity index (χ3v) is 2.02. The predicted molar refractivity (Wildman–Crippen MR) is 60.0 cm³/mol. The first-order valence-corrected chi connectivity index (χ1v) is 4.97. The van der Waals surface area contributed by atoms with Gasteiger partial charge in [0.2, 0.25) is 0 Å². The Morgan fingerprint density at radius 1 is 1.27 bits per heavy atom. The van der Waals surface area contributed by atoms with Crippen molar-refractivity contribution in [2.45, 2.75) is 26.9 Å². The summed E-state index contributed by atoms with van der Waals surface area (Å²) in [7, 11) is 0. The lowest BCUT2D eigenvalue weighted by Crippen LogP contribution is -2.41. The molecule has 0 aliphatic carbocycles. The molecule has 4 nitrogen and oxygen atoms in total. The maximum absolute atomic E-state index is 11.6. The summed E-state index contributed by atoms with van der Waals surface area (Å²) >= 11 is 0. The lowest BCUT2D eigenvalue weighted by atomic mass is 10.2. The van der Waals surface area contributed by atoms with Crippen LogP contribution in [0.5, 0.6) is 0 Å². The van der Waals surface area contributed by atoms with Gasteiger partial charge in [0.25, 0.3) is 0 Å². The van der Waals surface area contributed by atoms with Gasteiger partial charge in [-0.1, -0.05) is 19.9 Å². The van der Waals surface area contributed by atoms with E-state index in [0.29, 0.717) is 19.0 Å². The van der Waals surface area contributed by atoms with Gasteiger partial charge in [-0.15, -0.1) is 6.58 Å². The van der Waals surface area contributed by atoms with E-state index in [1.165, 1.54) is 9.13 Å². The van der Waals surface area contributed by atoms with Crippen molar-refractivity contribution in [3.8, 4) is 0 Å². The molecule has 0 radical (unpaired) electrons. The number of hydrogen-bond donors (Lipinski definition) is 0. The second-order valence-corrected chi connectivity index (χ2v) is 3.90. The average Bonchev–Trinajstić information content (AvgIpc) is 2.17. The van der Waals surface area contributed by atoms with Crippen LogP contribution in [-0.2, 0) is 13.1 Å². The van der Waals surface area contributed by atoms with Crippen molar-refractivity contribution >= 4 is 0 Å². The fourth-order valence-corrected chi connectivity index (χ4v) is 1.36. The first-order valence-electron chi connectivity index (χ1n) is 4.97. The smallest absolute Gasteiger partial charge is 0.309 e. The Kier molecular flexibility index (Phi) is 3.66. The number of hydrogen-bond acceptors (Lipinski definition) is 2. The molecule has 0 unspecified atom stereocenters. The van der Waals surface area contributed by atoms with E-state index in [4.69, 9.17) is 0 Å². The molecule has 82 valence electrons. The maximum atomic E-state index is 11.6. The number of rotatable bonds is 4. The zero-order chi connectivity index (χ0) is 11.4. The average molecular weight is 208 g/mol. The van der Waals surface area contributed by atoms with Gasteiger partial charge in [0, 0.05) is 25.5 Å². The van der Waals surface area contributed by atoms with Crippen molar-refractivity contribution in [1.82, 2.24) is 9.13 Å². The molecule has 0 atom stereocenters. The van der Waals surface area contributed by atoms with Crippen LogP contribution in [0.3, 0.4) is 0 Å². The fraction of sp³-hybridized carbons (Fsp3) is 0.455. The minimum Gasteiger partial charge on any atom is -0.309 e. The lowest BCUT2D eigenvalue weighted by Gasteiger charge is -2.09. The topological polar surface area (TPSA) is 44.0 Å². The second kappa shape index (κ2) is 4.77. The van der Waals surface area contributed by atoms with Crippen LogP contribution in [0.25, 0.3) is 0 Å². The van der Waals surface area contributed by atoms with E-state index in [1.807, 2.05) is 13.8 Å². The standard InChI is InChI=1S/C11H16N2O2/c1-4-5-12-6-7-13(8-9(2)3)11(15)10(12)14/h4,6-7,9H,1,5,8H2,2-3H3. The SMILES string of the molecule is C=CCn1ccn(CC(C)C)c(=O)c1=O. The molecule has 0 N–H and O–H groups in total. The highest BCUT2D eigenvalue weighted by Crippen LogP contribution is 1.94. The van der Waals surface area contributed by atoms with Crippen molar-refractivity contribution < 1.29 is 0 Å². The normalized spacial score (nSPS) is 10.6. The van der Waals surface area contributed by atoms with E-state index in [-0.39, 0.29) is 0 Å². The van der Waals surface area contributed by atoms with Crippen LogP contribution in [0.15, 0.2) is 34.6 Å². The predicted octanol–water partition coefficient (Wildman–Crippen LogP) is 0.852. The maximum Gasteiger partial charge on any atom is 0.316 e. The minimum absolute atomic E-state index is 0.345. The Bertz CT molecular complexity index is 454. The van der Waals surface area contributed by atoms with Gasteiger partial charge in [-0.05, 0) is 5.92 Å². The van der Waals surface area contributed by atoms with E-state index < -0.39 is 11.1 Å². The van der Waals surface area contributed by atoms with Crippen molar-refractivity contribution in [3.63, 3.8) is 0 Å². The summed E-state index contributed by atoms with van der Waals surface area (Å²) in [5.41, 5.74) is -0.953. The zero-order valence-corrected chi connectivity index (χ0v) is 9.14. The highest BCUT2D eigenvalue weighted by molar-refractivity contribution is 4.88. The van der Waals surface area contributed by atoms with Gasteiger partial charge in [-0.2, -0.15) is 0 Å². The number of nitrogens with zero attached hydrogens (tertiary/aromatic N) is 2. The molecule has 0 bridgehead atoms. The van der Waals surface area contributed by atoms with Crippen molar-refractivity contribution in [1.29, 1.82) is 0 Å². The molecule has 1 heterocycles. The van der Waals surface area contributed by atoms with Crippen LogP contribution in [0.2, 0.25) is 0 Å². The minimum atomic E-state index is -0.488. The largest absolute Gasteiger partial charge is 0.316 e. The molecular weight excluding hydrogens is 192 g/mol. The van der Waals surface area contributed by atoms with Gasteiger partial charge in [-0.3, -0.25) is 9.59 Å². The second-order valence-electron chi connectivity index (χ2n) is 3.90. The highest BCUT2D eigenvalue weighted by Gasteiger charge is 2.04. The summed E-state index contributed by atoms with van der Waals surface area (Å²) in [6, 6.07) is 0. The van der Waals surface area contributed by atoms with Crippen LogP contribution in [0.4, 0.5) is 0 Å². The van der Waals surface area contributed by atoms with E-state index in [9.17, 15) is 9.59 Å². The van der Waals surface area contributed by atoms with Crippen molar-refractivity contribution in [2.24, 2.45) is 5.92 Å². The third kappa shape index (κ3) is 2.68. The van der Waals surface area contributed by atoms with Gasteiger partial charge >= 0.3 is 11.1 Å². The molecule has 1 aromatic heterocycles. The number of aromatic nitrogens is 2. The van der Waals surface area contributed by atoms with Gasteiger partial charge in [0.05, 0.1) is 0 Å². The zero-order valence-electron chi connectivity index (χ0n) is 9.14.